The fraction of sp³-hybridized carbons (Fsp3) is 0.400. The number of carbonyl (C=O) groups is 1. The van der Waals surface area contributed by atoms with Crippen LogP contribution in [0.2, 0.25) is 0 Å². The van der Waals surface area contributed by atoms with Crippen molar-refractivity contribution < 1.29 is 13.2 Å². The summed E-state index contributed by atoms with van der Waals surface area (Å²) < 4.78 is 26.7. The van der Waals surface area contributed by atoms with E-state index in [0.717, 1.165) is 16.9 Å². The zero-order valence-corrected chi connectivity index (χ0v) is 17.6. The topological polar surface area (TPSA) is 85.9 Å². The average molecular weight is 418 g/mol. The number of benzene rings is 1. The van der Waals surface area contributed by atoms with E-state index in [-0.39, 0.29) is 11.8 Å². The highest BCUT2D eigenvalue weighted by molar-refractivity contribution is 7.88. The number of anilines is 1. The molecule has 0 radical (unpaired) electrons. The maximum Gasteiger partial charge on any atom is 0.317 e. The van der Waals surface area contributed by atoms with E-state index in [4.69, 9.17) is 0 Å². The third-order valence-electron chi connectivity index (χ3n) is 4.82. The van der Waals surface area contributed by atoms with Gasteiger partial charge in [-0.3, -0.25) is 0 Å². The predicted molar refractivity (Wildman–Crippen MR) is 113 cm³/mol. The van der Waals surface area contributed by atoms with E-state index >= 15 is 0 Å². The number of carbonyl (C=O) groups excluding carboxylic acids is 1. The van der Waals surface area contributed by atoms with Gasteiger partial charge in [-0.15, -0.1) is 0 Å². The number of rotatable bonds is 6. The molecule has 2 aromatic rings. The van der Waals surface area contributed by atoms with E-state index in [0.29, 0.717) is 32.7 Å². The van der Waals surface area contributed by atoms with Gasteiger partial charge in [0, 0.05) is 53.0 Å². The second-order valence-electron chi connectivity index (χ2n) is 7.21. The van der Waals surface area contributed by atoms with Crippen molar-refractivity contribution in [2.24, 2.45) is 0 Å². The third kappa shape index (κ3) is 5.68. The monoisotopic (exact) mass is 417 g/mol. The summed E-state index contributed by atoms with van der Waals surface area (Å²) in [5, 5.41) is 2.88. The summed E-state index contributed by atoms with van der Waals surface area (Å²) in [4.78, 5) is 20.3. The number of pyridine rings is 1. The lowest BCUT2D eigenvalue weighted by molar-refractivity contribution is 0.172. The van der Waals surface area contributed by atoms with Crippen LogP contribution in [0.3, 0.4) is 0 Å². The first-order chi connectivity index (χ1) is 13.8. The average Bonchev–Trinajstić information content (AvgIpc) is 2.73. The molecule has 8 nitrogen and oxygen atoms in total. The molecule has 2 amide bonds. The van der Waals surface area contributed by atoms with Crippen molar-refractivity contribution in [3.05, 3.63) is 59.8 Å². The largest absolute Gasteiger partial charge is 0.363 e. The molecule has 29 heavy (non-hydrogen) atoms. The van der Waals surface area contributed by atoms with E-state index in [1.807, 2.05) is 49.3 Å². The molecule has 0 bridgehead atoms. The maximum absolute atomic E-state index is 12.6. The second-order valence-corrected chi connectivity index (χ2v) is 9.17. The van der Waals surface area contributed by atoms with Crippen LogP contribution in [0.5, 0.6) is 0 Å². The van der Waals surface area contributed by atoms with Gasteiger partial charge in [-0.1, -0.05) is 36.4 Å². The Hall–Kier alpha value is -2.65. The Morgan fingerprint density at radius 2 is 1.72 bits per heavy atom. The molecular formula is C20H27N5O3S. The quantitative estimate of drug-likeness (QED) is 0.770. The number of aromatic nitrogens is 1. The summed E-state index contributed by atoms with van der Waals surface area (Å²) in [6.07, 6.45) is 1.74. The van der Waals surface area contributed by atoms with Gasteiger partial charge in [0.2, 0.25) is 10.0 Å². The highest BCUT2D eigenvalue weighted by Crippen LogP contribution is 2.14. The lowest BCUT2D eigenvalue weighted by Gasteiger charge is -2.34. The minimum Gasteiger partial charge on any atom is -0.363 e. The fourth-order valence-corrected chi connectivity index (χ4v) is 4.64. The number of hydrogen-bond donors (Lipinski definition) is 1. The van der Waals surface area contributed by atoms with Crippen LogP contribution in [-0.2, 0) is 22.3 Å². The van der Waals surface area contributed by atoms with E-state index in [1.54, 1.807) is 23.2 Å². The van der Waals surface area contributed by atoms with Crippen LogP contribution < -0.4 is 10.2 Å². The van der Waals surface area contributed by atoms with Crippen molar-refractivity contribution in [2.75, 3.05) is 45.2 Å². The Morgan fingerprint density at radius 1 is 1.03 bits per heavy atom. The molecule has 0 aliphatic carbocycles. The molecule has 3 rings (SSSR count). The van der Waals surface area contributed by atoms with E-state index in [2.05, 4.69) is 10.3 Å². The SMILES string of the molecule is CN(C)c1ccc(CNC(=O)N2CCN(S(=O)(=O)Cc3ccccc3)CC2)cn1. The molecule has 0 saturated carbocycles. The minimum atomic E-state index is -3.39. The van der Waals surface area contributed by atoms with Crippen molar-refractivity contribution >= 4 is 21.9 Å². The molecule has 1 aromatic heterocycles. The molecule has 9 heteroatoms. The highest BCUT2D eigenvalue weighted by atomic mass is 32.2. The Kier molecular flexibility index (Phi) is 6.71. The number of sulfonamides is 1. The maximum atomic E-state index is 12.6. The third-order valence-corrected chi connectivity index (χ3v) is 6.67. The van der Waals surface area contributed by atoms with Crippen LogP contribution >= 0.6 is 0 Å². The normalized spacial score (nSPS) is 15.2. The molecule has 1 saturated heterocycles. The summed E-state index contributed by atoms with van der Waals surface area (Å²) in [7, 11) is 0.451. The van der Waals surface area contributed by atoms with E-state index < -0.39 is 10.0 Å². The summed E-state index contributed by atoms with van der Waals surface area (Å²) in [5.41, 5.74) is 1.68. The number of urea groups is 1. The van der Waals surface area contributed by atoms with Gasteiger partial charge in [-0.25, -0.2) is 18.2 Å². The van der Waals surface area contributed by atoms with Gasteiger partial charge in [0.1, 0.15) is 5.82 Å². The molecule has 1 aromatic carbocycles. The summed E-state index contributed by atoms with van der Waals surface area (Å²) in [6.45, 7) is 1.74. The first kappa shape index (κ1) is 21.1. The van der Waals surface area contributed by atoms with Gasteiger partial charge in [0.15, 0.2) is 0 Å². The number of nitrogens with zero attached hydrogens (tertiary/aromatic N) is 4. The minimum absolute atomic E-state index is 0.0179. The number of piperazine rings is 1. The van der Waals surface area contributed by atoms with Crippen molar-refractivity contribution in [3.8, 4) is 0 Å². The summed E-state index contributed by atoms with van der Waals surface area (Å²) in [6, 6.07) is 12.8. The Labute approximate surface area is 172 Å². The van der Waals surface area contributed by atoms with Crippen LogP contribution in [-0.4, -0.2) is 68.9 Å². The number of nitrogens with one attached hydrogen (secondary N) is 1. The van der Waals surface area contributed by atoms with Crippen LogP contribution in [0, 0.1) is 0 Å². The Bertz CT molecular complexity index is 909. The van der Waals surface area contributed by atoms with Gasteiger partial charge in [-0.05, 0) is 17.2 Å². The summed E-state index contributed by atoms with van der Waals surface area (Å²) in [5.74, 6) is 0.837. The van der Waals surface area contributed by atoms with E-state index in [1.165, 1.54) is 4.31 Å². The zero-order chi connectivity index (χ0) is 20.9. The number of amides is 2. The van der Waals surface area contributed by atoms with Crippen molar-refractivity contribution in [1.29, 1.82) is 0 Å². The number of hydrogen-bond acceptors (Lipinski definition) is 5. The molecular weight excluding hydrogens is 390 g/mol. The van der Waals surface area contributed by atoms with Crippen LogP contribution in [0.1, 0.15) is 11.1 Å². The standard InChI is InChI=1S/C20H27N5O3S/c1-23(2)19-9-8-18(14-21-19)15-22-20(26)24-10-12-25(13-11-24)29(27,28)16-17-6-4-3-5-7-17/h3-9,14H,10-13,15-16H2,1-2H3,(H,22,26). The smallest absolute Gasteiger partial charge is 0.317 e. The molecule has 156 valence electrons. The first-order valence-electron chi connectivity index (χ1n) is 9.52. The molecule has 1 aliphatic rings. The summed E-state index contributed by atoms with van der Waals surface area (Å²) >= 11 is 0. The lowest BCUT2D eigenvalue weighted by Crippen LogP contribution is -2.53. The second kappa shape index (κ2) is 9.23. The van der Waals surface area contributed by atoms with Crippen molar-refractivity contribution in [3.63, 3.8) is 0 Å². The van der Waals surface area contributed by atoms with Gasteiger partial charge in [-0.2, -0.15) is 4.31 Å². The molecule has 0 spiro atoms. The van der Waals surface area contributed by atoms with Crippen molar-refractivity contribution in [1.82, 2.24) is 19.5 Å². The molecule has 1 aliphatic heterocycles. The fourth-order valence-electron chi connectivity index (χ4n) is 3.12. The lowest BCUT2D eigenvalue weighted by atomic mass is 10.2. The van der Waals surface area contributed by atoms with Gasteiger partial charge < -0.3 is 15.1 Å². The molecule has 0 unspecified atom stereocenters. The molecule has 2 heterocycles. The molecule has 0 atom stereocenters. The molecule has 1 N–H and O–H groups in total. The Balaban J connectivity index is 1.47. The van der Waals surface area contributed by atoms with E-state index in [9.17, 15) is 13.2 Å². The van der Waals surface area contributed by atoms with Crippen LogP contribution in [0.25, 0.3) is 0 Å². The van der Waals surface area contributed by atoms with Gasteiger partial charge in [0.25, 0.3) is 0 Å². The van der Waals surface area contributed by atoms with Crippen molar-refractivity contribution in [2.45, 2.75) is 12.3 Å². The van der Waals surface area contributed by atoms with Crippen LogP contribution in [0.4, 0.5) is 10.6 Å². The predicted octanol–water partition coefficient (Wildman–Crippen LogP) is 1.50. The van der Waals surface area contributed by atoms with Gasteiger partial charge in [0.05, 0.1) is 5.75 Å². The Morgan fingerprint density at radius 3 is 2.31 bits per heavy atom. The van der Waals surface area contributed by atoms with Crippen LogP contribution in [0.15, 0.2) is 48.7 Å². The van der Waals surface area contributed by atoms with Gasteiger partial charge >= 0.3 is 6.03 Å². The first-order valence-corrected chi connectivity index (χ1v) is 11.1. The molecule has 1 fully saturated rings. The highest BCUT2D eigenvalue weighted by Gasteiger charge is 2.28. The zero-order valence-electron chi connectivity index (χ0n) is 16.8.